The standard InChI is InChI=1S/C23H28N2O5/c1-2-28-20-8-10-21(11-9-20)30-17-23(27)25-14-12-18(13-15-25)24-22(26)16-29-19-6-4-3-5-7-19/h3-11,18H,2,12-17H2,1H3,(H,24,26). The summed E-state index contributed by atoms with van der Waals surface area (Å²) in [5.41, 5.74) is 0. The molecule has 1 aliphatic rings. The number of rotatable bonds is 9. The van der Waals surface area contributed by atoms with E-state index >= 15 is 0 Å². The molecule has 1 saturated heterocycles. The highest BCUT2D eigenvalue weighted by Crippen LogP contribution is 2.18. The number of benzene rings is 2. The lowest BCUT2D eigenvalue weighted by atomic mass is 10.1. The van der Waals surface area contributed by atoms with Gasteiger partial charge in [-0.1, -0.05) is 18.2 Å². The highest BCUT2D eigenvalue weighted by atomic mass is 16.5. The molecule has 0 unspecified atom stereocenters. The third-order valence-corrected chi connectivity index (χ3v) is 4.82. The Morgan fingerprint density at radius 3 is 2.07 bits per heavy atom. The van der Waals surface area contributed by atoms with Crippen molar-refractivity contribution in [2.24, 2.45) is 0 Å². The van der Waals surface area contributed by atoms with Crippen molar-refractivity contribution in [3.8, 4) is 17.2 Å². The van der Waals surface area contributed by atoms with Crippen LogP contribution in [0.3, 0.4) is 0 Å². The number of likely N-dealkylation sites (tertiary alicyclic amines) is 1. The number of hydrogen-bond acceptors (Lipinski definition) is 5. The molecule has 0 saturated carbocycles. The van der Waals surface area contributed by atoms with Crippen molar-refractivity contribution < 1.29 is 23.8 Å². The molecule has 7 heteroatoms. The van der Waals surface area contributed by atoms with Gasteiger partial charge in [-0.05, 0) is 56.2 Å². The molecule has 1 fully saturated rings. The average Bonchev–Trinajstić information content (AvgIpc) is 2.78. The van der Waals surface area contributed by atoms with Crippen LogP contribution in [0.4, 0.5) is 0 Å². The van der Waals surface area contributed by atoms with Crippen LogP contribution in [-0.2, 0) is 9.59 Å². The van der Waals surface area contributed by atoms with E-state index in [1.165, 1.54) is 0 Å². The van der Waals surface area contributed by atoms with E-state index in [1.54, 1.807) is 17.0 Å². The maximum Gasteiger partial charge on any atom is 0.260 e. The second-order valence-corrected chi connectivity index (χ2v) is 7.02. The Bertz CT molecular complexity index is 802. The van der Waals surface area contributed by atoms with Gasteiger partial charge in [-0.3, -0.25) is 9.59 Å². The predicted molar refractivity (Wildman–Crippen MR) is 113 cm³/mol. The van der Waals surface area contributed by atoms with Crippen molar-refractivity contribution in [3.63, 3.8) is 0 Å². The van der Waals surface area contributed by atoms with Crippen molar-refractivity contribution in [2.75, 3.05) is 32.9 Å². The van der Waals surface area contributed by atoms with Crippen LogP contribution in [-0.4, -0.2) is 55.7 Å². The van der Waals surface area contributed by atoms with E-state index in [0.717, 1.165) is 5.75 Å². The molecule has 1 aliphatic heterocycles. The van der Waals surface area contributed by atoms with Gasteiger partial charge >= 0.3 is 0 Å². The largest absolute Gasteiger partial charge is 0.494 e. The average molecular weight is 412 g/mol. The number of hydrogen-bond donors (Lipinski definition) is 1. The first-order chi connectivity index (χ1) is 14.6. The first-order valence-corrected chi connectivity index (χ1v) is 10.2. The molecule has 1 N–H and O–H groups in total. The zero-order valence-electron chi connectivity index (χ0n) is 17.2. The predicted octanol–water partition coefficient (Wildman–Crippen LogP) is 2.65. The number of amides is 2. The van der Waals surface area contributed by atoms with Gasteiger partial charge in [0.25, 0.3) is 11.8 Å². The number of nitrogens with one attached hydrogen (secondary N) is 1. The minimum atomic E-state index is -0.150. The fourth-order valence-corrected chi connectivity index (χ4v) is 3.24. The van der Waals surface area contributed by atoms with Gasteiger partial charge in [0.05, 0.1) is 6.61 Å². The van der Waals surface area contributed by atoms with Crippen LogP contribution in [0.25, 0.3) is 0 Å². The quantitative estimate of drug-likeness (QED) is 0.685. The Morgan fingerprint density at radius 2 is 1.43 bits per heavy atom. The van der Waals surface area contributed by atoms with Gasteiger partial charge in [0.2, 0.25) is 0 Å². The highest BCUT2D eigenvalue weighted by molar-refractivity contribution is 5.79. The summed E-state index contributed by atoms with van der Waals surface area (Å²) in [5.74, 6) is 1.87. The van der Waals surface area contributed by atoms with Gasteiger partial charge in [0, 0.05) is 19.1 Å². The van der Waals surface area contributed by atoms with Crippen LogP contribution in [0.1, 0.15) is 19.8 Å². The zero-order valence-corrected chi connectivity index (χ0v) is 17.2. The molecule has 30 heavy (non-hydrogen) atoms. The van der Waals surface area contributed by atoms with Crippen LogP contribution in [0, 0.1) is 0 Å². The Kier molecular flexibility index (Phi) is 7.94. The third kappa shape index (κ3) is 6.69. The number of carbonyl (C=O) groups is 2. The molecular formula is C23H28N2O5. The Labute approximate surface area is 176 Å². The number of piperidine rings is 1. The van der Waals surface area contributed by atoms with Crippen molar-refractivity contribution in [3.05, 3.63) is 54.6 Å². The zero-order chi connectivity index (χ0) is 21.2. The normalized spacial score (nSPS) is 14.1. The minimum absolute atomic E-state index is 0.00404. The van der Waals surface area contributed by atoms with Crippen LogP contribution < -0.4 is 19.5 Å². The molecule has 1 heterocycles. The van der Waals surface area contributed by atoms with Crippen molar-refractivity contribution in [1.29, 1.82) is 0 Å². The van der Waals surface area contributed by atoms with E-state index in [1.807, 2.05) is 49.4 Å². The van der Waals surface area contributed by atoms with E-state index in [2.05, 4.69) is 5.32 Å². The summed E-state index contributed by atoms with van der Waals surface area (Å²) in [7, 11) is 0. The fourth-order valence-electron chi connectivity index (χ4n) is 3.24. The summed E-state index contributed by atoms with van der Waals surface area (Å²) in [6.07, 6.45) is 1.43. The SMILES string of the molecule is CCOc1ccc(OCC(=O)N2CCC(NC(=O)COc3ccccc3)CC2)cc1. The lowest BCUT2D eigenvalue weighted by molar-refractivity contribution is -0.134. The van der Waals surface area contributed by atoms with E-state index in [0.29, 0.717) is 44.0 Å². The summed E-state index contributed by atoms with van der Waals surface area (Å²) in [5, 5.41) is 2.98. The number of para-hydroxylation sites is 1. The molecule has 0 atom stereocenters. The van der Waals surface area contributed by atoms with Crippen molar-refractivity contribution >= 4 is 11.8 Å². The van der Waals surface area contributed by atoms with E-state index in [4.69, 9.17) is 14.2 Å². The monoisotopic (exact) mass is 412 g/mol. The molecule has 0 aromatic heterocycles. The molecule has 2 aromatic rings. The molecule has 0 radical (unpaired) electrons. The van der Waals surface area contributed by atoms with Gasteiger partial charge in [-0.2, -0.15) is 0 Å². The van der Waals surface area contributed by atoms with Crippen LogP contribution in [0.15, 0.2) is 54.6 Å². The minimum Gasteiger partial charge on any atom is -0.494 e. The van der Waals surface area contributed by atoms with Gasteiger partial charge in [0.15, 0.2) is 13.2 Å². The summed E-state index contributed by atoms with van der Waals surface area (Å²) >= 11 is 0. The molecule has 160 valence electrons. The smallest absolute Gasteiger partial charge is 0.260 e. The van der Waals surface area contributed by atoms with Gasteiger partial charge in [0.1, 0.15) is 17.2 Å². The first kappa shape index (κ1) is 21.5. The Hall–Kier alpha value is -3.22. The topological polar surface area (TPSA) is 77.1 Å². The second kappa shape index (κ2) is 11.1. The first-order valence-electron chi connectivity index (χ1n) is 10.2. The lowest BCUT2D eigenvalue weighted by Gasteiger charge is -2.32. The molecule has 2 amide bonds. The number of nitrogens with zero attached hydrogens (tertiary/aromatic N) is 1. The van der Waals surface area contributed by atoms with Gasteiger partial charge in [-0.15, -0.1) is 0 Å². The maximum atomic E-state index is 12.4. The van der Waals surface area contributed by atoms with Gasteiger partial charge in [-0.25, -0.2) is 0 Å². The third-order valence-electron chi connectivity index (χ3n) is 4.82. The molecule has 3 rings (SSSR count). The summed E-state index contributed by atoms with van der Waals surface area (Å²) < 4.78 is 16.4. The molecule has 2 aromatic carbocycles. The summed E-state index contributed by atoms with van der Waals surface area (Å²) in [4.78, 5) is 26.3. The van der Waals surface area contributed by atoms with E-state index in [9.17, 15) is 9.59 Å². The second-order valence-electron chi connectivity index (χ2n) is 7.02. The molecule has 0 aliphatic carbocycles. The molecule has 0 spiro atoms. The van der Waals surface area contributed by atoms with Crippen molar-refractivity contribution in [2.45, 2.75) is 25.8 Å². The Morgan fingerprint density at radius 1 is 0.867 bits per heavy atom. The van der Waals surface area contributed by atoms with Crippen LogP contribution in [0.5, 0.6) is 17.2 Å². The van der Waals surface area contributed by atoms with E-state index < -0.39 is 0 Å². The molecule has 7 nitrogen and oxygen atoms in total. The number of ether oxygens (including phenoxy) is 3. The fraction of sp³-hybridized carbons (Fsp3) is 0.391. The van der Waals surface area contributed by atoms with Crippen LogP contribution >= 0.6 is 0 Å². The summed E-state index contributed by atoms with van der Waals surface area (Å²) in [6.45, 7) is 3.70. The molecule has 0 bridgehead atoms. The van der Waals surface area contributed by atoms with Crippen LogP contribution in [0.2, 0.25) is 0 Å². The highest BCUT2D eigenvalue weighted by Gasteiger charge is 2.24. The Balaban J connectivity index is 1.34. The lowest BCUT2D eigenvalue weighted by Crippen LogP contribution is -2.48. The number of carbonyl (C=O) groups excluding carboxylic acids is 2. The van der Waals surface area contributed by atoms with Gasteiger partial charge < -0.3 is 24.4 Å². The molecular weight excluding hydrogens is 384 g/mol. The summed E-state index contributed by atoms with van der Waals surface area (Å²) in [6, 6.07) is 16.5. The maximum absolute atomic E-state index is 12.4. The van der Waals surface area contributed by atoms with Crippen molar-refractivity contribution in [1.82, 2.24) is 10.2 Å². The van der Waals surface area contributed by atoms with E-state index in [-0.39, 0.29) is 31.1 Å².